The number of nitrogens with one attached hydrogen (secondary N) is 1. The third kappa shape index (κ3) is 3.99. The maximum absolute atomic E-state index is 13.5. The molecule has 0 amide bonds. The van der Waals surface area contributed by atoms with Gasteiger partial charge in [-0.05, 0) is 68.1 Å². The highest BCUT2D eigenvalue weighted by Gasteiger charge is 2.35. The monoisotopic (exact) mass is 452 g/mol. The molecule has 2 aromatic heterocycles. The van der Waals surface area contributed by atoms with Crippen molar-refractivity contribution in [3.63, 3.8) is 0 Å². The molecule has 2 aliphatic rings. The van der Waals surface area contributed by atoms with Crippen LogP contribution in [0.15, 0.2) is 23.0 Å². The quantitative estimate of drug-likeness (QED) is 0.634. The molecule has 9 nitrogen and oxygen atoms in total. The normalized spacial score (nSPS) is 20.2. The van der Waals surface area contributed by atoms with Crippen LogP contribution in [0, 0.1) is 5.92 Å². The molecule has 1 fully saturated rings. The molecule has 0 radical (unpaired) electrons. The number of aromatic nitrogens is 5. The number of likely N-dealkylation sites (tertiary alicyclic amines) is 1. The molecule has 0 aliphatic carbocycles. The van der Waals surface area contributed by atoms with E-state index >= 15 is 0 Å². The lowest BCUT2D eigenvalue weighted by Gasteiger charge is -2.37. The molecule has 0 spiro atoms. The van der Waals surface area contributed by atoms with Crippen LogP contribution in [0.5, 0.6) is 11.5 Å². The van der Waals surface area contributed by atoms with Crippen LogP contribution in [0.1, 0.15) is 64.4 Å². The summed E-state index contributed by atoms with van der Waals surface area (Å²) < 4.78 is 13.4. The van der Waals surface area contributed by atoms with Crippen molar-refractivity contribution in [1.29, 1.82) is 0 Å². The van der Waals surface area contributed by atoms with E-state index in [9.17, 15) is 4.79 Å². The number of pyridine rings is 1. The van der Waals surface area contributed by atoms with Crippen LogP contribution < -0.4 is 15.0 Å². The minimum Gasteiger partial charge on any atom is -0.486 e. The van der Waals surface area contributed by atoms with Crippen LogP contribution in [0.3, 0.4) is 0 Å². The summed E-state index contributed by atoms with van der Waals surface area (Å²) in [6.45, 7) is 11.4. The molecule has 0 saturated carbocycles. The summed E-state index contributed by atoms with van der Waals surface area (Å²) >= 11 is 0. The standard InChI is InChI=1S/C24H32N6O3/c1-5-24(3,4)30-22(26-27-28-30)21(29-8-6-7-15(2)14-29)17-11-16-12-19-20(33-10-9-32-19)13-18(16)25-23(17)31/h11-13,15,21H,5-10,14H2,1-4H3,(H,25,31)/t15-,21+/m0/s1. The van der Waals surface area contributed by atoms with Gasteiger partial charge in [-0.25, -0.2) is 4.68 Å². The number of rotatable bonds is 5. The number of H-pyrrole nitrogens is 1. The first-order valence-electron chi connectivity index (χ1n) is 11.9. The Labute approximate surface area is 193 Å². The molecule has 0 unspecified atom stereocenters. The van der Waals surface area contributed by atoms with E-state index in [0.29, 0.717) is 42.0 Å². The fraction of sp³-hybridized carbons (Fsp3) is 0.583. The Morgan fingerprint density at radius 2 is 1.97 bits per heavy atom. The Kier molecular flexibility index (Phi) is 5.60. The number of piperidine rings is 1. The van der Waals surface area contributed by atoms with Gasteiger partial charge in [0.25, 0.3) is 5.56 Å². The Hall–Kier alpha value is -2.94. The van der Waals surface area contributed by atoms with Crippen molar-refractivity contribution < 1.29 is 9.47 Å². The second kappa shape index (κ2) is 8.44. The Bertz CT molecular complexity index is 1220. The van der Waals surface area contributed by atoms with Crippen LogP contribution in [0.25, 0.3) is 10.9 Å². The van der Waals surface area contributed by atoms with Crippen molar-refractivity contribution in [2.45, 2.75) is 58.5 Å². The van der Waals surface area contributed by atoms with Gasteiger partial charge in [-0.1, -0.05) is 13.8 Å². The van der Waals surface area contributed by atoms with Crippen molar-refractivity contribution in [2.75, 3.05) is 26.3 Å². The summed E-state index contributed by atoms with van der Waals surface area (Å²) in [7, 11) is 0. The third-order valence-electron chi connectivity index (χ3n) is 7.06. The zero-order valence-corrected chi connectivity index (χ0v) is 19.8. The van der Waals surface area contributed by atoms with E-state index in [4.69, 9.17) is 9.47 Å². The summed E-state index contributed by atoms with van der Waals surface area (Å²) in [5.74, 6) is 2.61. The summed E-state index contributed by atoms with van der Waals surface area (Å²) in [6, 6.07) is 5.42. The summed E-state index contributed by atoms with van der Waals surface area (Å²) in [6.07, 6.45) is 3.14. The van der Waals surface area contributed by atoms with Crippen molar-refractivity contribution in [1.82, 2.24) is 30.1 Å². The van der Waals surface area contributed by atoms with Crippen LogP contribution >= 0.6 is 0 Å². The average Bonchev–Trinajstić information content (AvgIpc) is 3.29. The van der Waals surface area contributed by atoms with Crippen LogP contribution in [-0.2, 0) is 5.54 Å². The highest BCUT2D eigenvalue weighted by Crippen LogP contribution is 2.36. The highest BCUT2D eigenvalue weighted by molar-refractivity contribution is 5.83. The number of benzene rings is 1. The first-order valence-corrected chi connectivity index (χ1v) is 11.9. The van der Waals surface area contributed by atoms with Crippen molar-refractivity contribution in [2.24, 2.45) is 5.92 Å². The molecule has 1 aromatic carbocycles. The number of ether oxygens (including phenoxy) is 2. The smallest absolute Gasteiger partial charge is 0.253 e. The Morgan fingerprint density at radius 3 is 2.70 bits per heavy atom. The van der Waals surface area contributed by atoms with Gasteiger partial charge in [0, 0.05) is 23.6 Å². The Morgan fingerprint density at radius 1 is 1.21 bits per heavy atom. The molecule has 2 aliphatic heterocycles. The molecule has 2 atom stereocenters. The van der Waals surface area contributed by atoms with E-state index in [0.717, 1.165) is 36.8 Å². The number of aromatic amines is 1. The first kappa shape index (κ1) is 21.9. The predicted molar refractivity (Wildman–Crippen MR) is 125 cm³/mol. The second-order valence-corrected chi connectivity index (χ2v) is 9.90. The van der Waals surface area contributed by atoms with Gasteiger partial charge in [0.15, 0.2) is 17.3 Å². The molecule has 9 heteroatoms. The summed E-state index contributed by atoms with van der Waals surface area (Å²) in [4.78, 5) is 18.9. The van der Waals surface area contributed by atoms with Gasteiger partial charge >= 0.3 is 0 Å². The molecule has 33 heavy (non-hydrogen) atoms. The van der Waals surface area contributed by atoms with Gasteiger partial charge in [0.1, 0.15) is 19.3 Å². The fourth-order valence-corrected chi connectivity index (χ4v) is 4.87. The number of fused-ring (bicyclic) bond motifs is 2. The van der Waals surface area contributed by atoms with Gasteiger partial charge in [0.2, 0.25) is 0 Å². The maximum atomic E-state index is 13.5. The lowest BCUT2D eigenvalue weighted by Crippen LogP contribution is -2.42. The van der Waals surface area contributed by atoms with Gasteiger partial charge in [-0.2, -0.15) is 0 Å². The van der Waals surface area contributed by atoms with E-state index < -0.39 is 0 Å². The lowest BCUT2D eigenvalue weighted by atomic mass is 9.94. The van der Waals surface area contributed by atoms with E-state index in [2.05, 4.69) is 53.1 Å². The fourth-order valence-electron chi connectivity index (χ4n) is 4.87. The molecule has 176 valence electrons. The Balaban J connectivity index is 1.68. The molecular weight excluding hydrogens is 420 g/mol. The highest BCUT2D eigenvalue weighted by atomic mass is 16.6. The zero-order valence-electron chi connectivity index (χ0n) is 19.8. The van der Waals surface area contributed by atoms with Crippen LogP contribution in [0.2, 0.25) is 0 Å². The average molecular weight is 453 g/mol. The largest absolute Gasteiger partial charge is 0.486 e. The second-order valence-electron chi connectivity index (χ2n) is 9.90. The summed E-state index contributed by atoms with van der Waals surface area (Å²) in [5, 5.41) is 13.7. The van der Waals surface area contributed by atoms with Crippen LogP contribution in [-0.4, -0.2) is 56.4 Å². The molecule has 0 bridgehead atoms. The first-order chi connectivity index (χ1) is 15.9. The molecular formula is C24H32N6O3. The van der Waals surface area contributed by atoms with Gasteiger partial charge in [-0.15, -0.1) is 5.10 Å². The number of nitrogens with zero attached hydrogens (tertiary/aromatic N) is 5. The van der Waals surface area contributed by atoms with E-state index in [1.54, 1.807) is 0 Å². The molecule has 3 aromatic rings. The summed E-state index contributed by atoms with van der Waals surface area (Å²) in [5.41, 5.74) is 0.974. The van der Waals surface area contributed by atoms with E-state index in [1.165, 1.54) is 6.42 Å². The minimum absolute atomic E-state index is 0.133. The third-order valence-corrected chi connectivity index (χ3v) is 7.06. The van der Waals surface area contributed by atoms with Crippen LogP contribution in [0.4, 0.5) is 0 Å². The van der Waals surface area contributed by atoms with Gasteiger partial charge in [-0.3, -0.25) is 9.69 Å². The lowest BCUT2D eigenvalue weighted by molar-refractivity contribution is 0.135. The molecule has 1 N–H and O–H groups in total. The topological polar surface area (TPSA) is 98.2 Å². The number of hydrogen-bond donors (Lipinski definition) is 1. The zero-order chi connectivity index (χ0) is 23.2. The van der Waals surface area contributed by atoms with E-state index in [-0.39, 0.29) is 17.1 Å². The van der Waals surface area contributed by atoms with E-state index in [1.807, 2.05) is 22.9 Å². The van der Waals surface area contributed by atoms with Crippen molar-refractivity contribution >= 4 is 10.9 Å². The molecule has 5 rings (SSSR count). The molecule has 4 heterocycles. The van der Waals surface area contributed by atoms with Crippen molar-refractivity contribution in [3.8, 4) is 11.5 Å². The number of tetrazole rings is 1. The van der Waals surface area contributed by atoms with Crippen molar-refractivity contribution in [3.05, 3.63) is 39.9 Å². The maximum Gasteiger partial charge on any atom is 0.253 e. The number of hydrogen-bond acceptors (Lipinski definition) is 7. The predicted octanol–water partition coefficient (Wildman–Crippen LogP) is 3.25. The SMILES string of the molecule is CCC(C)(C)n1nnnc1[C@@H](c1cc2cc3c(cc2[nH]c1=O)OCCO3)N1CCC[C@H](C)C1. The van der Waals surface area contributed by atoms with Gasteiger partial charge < -0.3 is 14.5 Å². The van der Waals surface area contributed by atoms with Gasteiger partial charge in [0.05, 0.1) is 11.1 Å². The molecule has 1 saturated heterocycles. The minimum atomic E-state index is -0.338.